The number of aromatic hydroxyl groups is 1. The van der Waals surface area contributed by atoms with Crippen molar-refractivity contribution in [3.05, 3.63) is 64.6 Å². The fourth-order valence-corrected chi connectivity index (χ4v) is 6.81. The van der Waals surface area contributed by atoms with Gasteiger partial charge in [-0.3, -0.25) is 0 Å². The highest BCUT2D eigenvalue weighted by molar-refractivity contribution is 6.36. The van der Waals surface area contributed by atoms with E-state index < -0.39 is 5.95 Å². The molecule has 0 amide bonds. The van der Waals surface area contributed by atoms with Gasteiger partial charge in [0, 0.05) is 42.2 Å². The van der Waals surface area contributed by atoms with Crippen LogP contribution in [0, 0.1) is 5.95 Å². The molecule has 214 valence electrons. The largest absolute Gasteiger partial charge is 0.508 e. The normalized spacial score (nSPS) is 20.9. The van der Waals surface area contributed by atoms with Crippen LogP contribution in [0.15, 0.2) is 36.7 Å². The topological polar surface area (TPSA) is 82.8 Å². The molecule has 2 atom stereocenters. The average molecular weight is 578 g/mol. The van der Waals surface area contributed by atoms with E-state index in [1.165, 1.54) is 0 Å². The SMILES string of the molecule is C[C@@H]1Cn2cnc(F)c2CN1c1nc(OC[C@@H]2CCCN2C)nc2c1CCN(c1cc(O)cc3cccc(Cl)c13)C2. The van der Waals surface area contributed by atoms with Crippen molar-refractivity contribution in [1.29, 1.82) is 0 Å². The molecule has 7 rings (SSSR count). The summed E-state index contributed by atoms with van der Waals surface area (Å²) in [7, 11) is 2.12. The Labute approximate surface area is 243 Å². The van der Waals surface area contributed by atoms with E-state index in [-0.39, 0.29) is 11.8 Å². The first-order valence-corrected chi connectivity index (χ1v) is 14.6. The molecule has 2 aromatic carbocycles. The minimum atomic E-state index is -0.440. The van der Waals surface area contributed by atoms with Crippen molar-refractivity contribution in [3.8, 4) is 11.8 Å². The smallest absolute Gasteiger partial charge is 0.318 e. The van der Waals surface area contributed by atoms with Gasteiger partial charge < -0.3 is 29.1 Å². The third-order valence-corrected chi connectivity index (χ3v) is 9.13. The molecule has 1 saturated heterocycles. The van der Waals surface area contributed by atoms with Crippen molar-refractivity contribution in [2.24, 2.45) is 0 Å². The number of nitrogens with zero attached hydrogens (tertiary/aromatic N) is 7. The second kappa shape index (κ2) is 10.3. The van der Waals surface area contributed by atoms with Gasteiger partial charge in [0.05, 0.1) is 41.5 Å². The molecule has 0 spiro atoms. The van der Waals surface area contributed by atoms with E-state index in [4.69, 9.17) is 26.3 Å². The average Bonchev–Trinajstić information content (AvgIpc) is 3.54. The number of phenolic OH excluding ortho intramolecular Hbond substituents is 1. The third-order valence-electron chi connectivity index (χ3n) is 8.81. The zero-order chi connectivity index (χ0) is 28.2. The monoisotopic (exact) mass is 577 g/mol. The van der Waals surface area contributed by atoms with Crippen molar-refractivity contribution in [1.82, 2.24) is 24.4 Å². The van der Waals surface area contributed by atoms with Crippen LogP contribution in [0.2, 0.25) is 5.02 Å². The summed E-state index contributed by atoms with van der Waals surface area (Å²) in [6.07, 6.45) is 4.49. The molecular formula is C30H33ClFN7O2. The molecule has 3 aliphatic heterocycles. The summed E-state index contributed by atoms with van der Waals surface area (Å²) in [5.74, 6) is 0.543. The van der Waals surface area contributed by atoms with E-state index in [0.29, 0.717) is 62.0 Å². The molecule has 5 heterocycles. The Morgan fingerprint density at radius 2 is 2.05 bits per heavy atom. The molecule has 41 heavy (non-hydrogen) atoms. The van der Waals surface area contributed by atoms with Crippen molar-refractivity contribution >= 4 is 33.9 Å². The minimum Gasteiger partial charge on any atom is -0.508 e. The molecule has 4 aromatic rings. The van der Waals surface area contributed by atoms with Crippen LogP contribution in [0.4, 0.5) is 15.9 Å². The number of benzene rings is 2. The Kier molecular flexibility index (Phi) is 6.62. The lowest BCUT2D eigenvalue weighted by molar-refractivity contribution is 0.187. The van der Waals surface area contributed by atoms with Gasteiger partial charge >= 0.3 is 6.01 Å². The van der Waals surface area contributed by atoms with Crippen molar-refractivity contribution in [2.45, 2.75) is 57.9 Å². The van der Waals surface area contributed by atoms with E-state index in [1.54, 1.807) is 18.5 Å². The predicted molar refractivity (Wildman–Crippen MR) is 156 cm³/mol. The first-order chi connectivity index (χ1) is 19.9. The molecule has 0 radical (unpaired) electrons. The van der Waals surface area contributed by atoms with Gasteiger partial charge in [-0.1, -0.05) is 23.7 Å². The molecule has 2 aromatic heterocycles. The zero-order valence-electron chi connectivity index (χ0n) is 23.2. The number of likely N-dealkylation sites (tertiary alicyclic amines) is 1. The molecule has 0 unspecified atom stereocenters. The lowest BCUT2D eigenvalue weighted by atomic mass is 10.0. The third kappa shape index (κ3) is 4.72. The lowest BCUT2D eigenvalue weighted by Gasteiger charge is -2.38. The van der Waals surface area contributed by atoms with E-state index in [0.717, 1.165) is 52.9 Å². The molecule has 1 N–H and O–H groups in total. The Bertz CT molecular complexity index is 1630. The quantitative estimate of drug-likeness (QED) is 0.363. The van der Waals surface area contributed by atoms with Gasteiger partial charge in [0.2, 0.25) is 5.95 Å². The maximum absolute atomic E-state index is 14.6. The Balaban J connectivity index is 1.27. The van der Waals surface area contributed by atoms with Gasteiger partial charge in [-0.05, 0) is 57.3 Å². The summed E-state index contributed by atoms with van der Waals surface area (Å²) in [6, 6.07) is 9.96. The van der Waals surface area contributed by atoms with Crippen LogP contribution in [-0.4, -0.2) is 68.4 Å². The molecule has 11 heteroatoms. The Hall–Kier alpha value is -3.63. The molecule has 1 fully saturated rings. The molecule has 0 bridgehead atoms. The Morgan fingerprint density at radius 1 is 1.17 bits per heavy atom. The second-order valence-corrected chi connectivity index (χ2v) is 11.8. The van der Waals surface area contributed by atoms with Crippen LogP contribution in [0.5, 0.6) is 11.8 Å². The van der Waals surface area contributed by atoms with Crippen LogP contribution in [-0.2, 0) is 26.1 Å². The van der Waals surface area contributed by atoms with Crippen molar-refractivity contribution in [2.75, 3.05) is 36.5 Å². The van der Waals surface area contributed by atoms with Crippen LogP contribution in [0.25, 0.3) is 10.8 Å². The standard InChI is InChI=1S/C30H33ClFN7O2/c1-18-13-38-17-33-28(32)26(38)15-39(18)29-22-8-10-37(25-12-21(40)11-19-5-3-7-23(31)27(19)25)14-24(22)34-30(35-29)41-16-20-6-4-9-36(20)2/h3,5,7,11-12,17-18,20,40H,4,6,8-10,13-16H2,1-2H3/t18-,20+/m1/s1. The van der Waals surface area contributed by atoms with Gasteiger partial charge in [0.25, 0.3) is 0 Å². The summed E-state index contributed by atoms with van der Waals surface area (Å²) in [5, 5.41) is 13.0. The van der Waals surface area contributed by atoms with E-state index in [9.17, 15) is 9.50 Å². The van der Waals surface area contributed by atoms with Crippen LogP contribution >= 0.6 is 11.6 Å². The molecule has 9 nitrogen and oxygen atoms in total. The van der Waals surface area contributed by atoms with E-state index in [2.05, 4.69) is 33.7 Å². The summed E-state index contributed by atoms with van der Waals surface area (Å²) >= 11 is 6.66. The predicted octanol–water partition coefficient (Wildman–Crippen LogP) is 4.77. The number of rotatable bonds is 5. The number of aromatic nitrogens is 4. The maximum Gasteiger partial charge on any atom is 0.318 e. The molecule has 0 aliphatic carbocycles. The van der Waals surface area contributed by atoms with Gasteiger partial charge in [0.15, 0.2) is 0 Å². The number of halogens is 2. The first kappa shape index (κ1) is 26.3. The highest BCUT2D eigenvalue weighted by atomic mass is 35.5. The first-order valence-electron chi connectivity index (χ1n) is 14.2. The highest BCUT2D eigenvalue weighted by Crippen LogP contribution is 2.40. The number of likely N-dealkylation sites (N-methyl/N-ethyl adjacent to an activating group) is 1. The maximum atomic E-state index is 14.6. The number of ether oxygens (including phenoxy) is 1. The summed E-state index contributed by atoms with van der Waals surface area (Å²) in [6.45, 7) is 5.88. The fraction of sp³-hybridized carbons (Fsp3) is 0.433. The summed E-state index contributed by atoms with van der Waals surface area (Å²) in [5.41, 5.74) is 3.33. The number of hydrogen-bond donors (Lipinski definition) is 1. The van der Waals surface area contributed by atoms with Crippen molar-refractivity contribution < 1.29 is 14.2 Å². The number of hydrogen-bond acceptors (Lipinski definition) is 8. The highest BCUT2D eigenvalue weighted by Gasteiger charge is 2.33. The van der Waals surface area contributed by atoms with Crippen LogP contribution in [0.1, 0.15) is 36.7 Å². The van der Waals surface area contributed by atoms with Gasteiger partial charge in [-0.2, -0.15) is 14.4 Å². The summed E-state index contributed by atoms with van der Waals surface area (Å²) < 4.78 is 22.7. The number of fused-ring (bicyclic) bond motifs is 3. The van der Waals surface area contributed by atoms with Crippen molar-refractivity contribution in [3.63, 3.8) is 0 Å². The van der Waals surface area contributed by atoms with E-state index >= 15 is 0 Å². The zero-order valence-corrected chi connectivity index (χ0v) is 24.0. The lowest BCUT2D eigenvalue weighted by Crippen LogP contribution is -2.43. The van der Waals surface area contributed by atoms with Gasteiger partial charge in [-0.15, -0.1) is 0 Å². The van der Waals surface area contributed by atoms with Gasteiger partial charge in [0.1, 0.15) is 18.2 Å². The molecule has 0 saturated carbocycles. The second-order valence-electron chi connectivity index (χ2n) is 11.4. The fourth-order valence-electron chi connectivity index (χ4n) is 6.53. The summed E-state index contributed by atoms with van der Waals surface area (Å²) in [4.78, 5) is 20.5. The van der Waals surface area contributed by atoms with Crippen LogP contribution < -0.4 is 14.5 Å². The number of imidazole rings is 1. The molecule has 3 aliphatic rings. The molecular weight excluding hydrogens is 545 g/mol. The van der Waals surface area contributed by atoms with Crippen LogP contribution in [0.3, 0.4) is 0 Å². The number of anilines is 2. The number of phenols is 1. The minimum absolute atomic E-state index is 0.0794. The van der Waals surface area contributed by atoms with E-state index in [1.807, 2.05) is 22.8 Å². The van der Waals surface area contributed by atoms with Gasteiger partial charge in [-0.25, -0.2) is 4.98 Å². The Morgan fingerprint density at radius 3 is 2.88 bits per heavy atom.